The fraction of sp³-hybridized carbons (Fsp3) is 0.550. The molecule has 1 aliphatic heterocycles. The van der Waals surface area contributed by atoms with Crippen LogP contribution in [0.15, 0.2) is 30.3 Å². The van der Waals surface area contributed by atoms with Gasteiger partial charge in [-0.1, -0.05) is 49.6 Å². The molecule has 1 saturated carbocycles. The molecular weight excluding hydrogens is 346 g/mol. The second-order valence-electron chi connectivity index (χ2n) is 7.19. The molecule has 1 aromatic carbocycles. The number of urea groups is 1. The van der Waals surface area contributed by atoms with Crippen LogP contribution in [0, 0.1) is 5.92 Å². The molecular formula is C20H27N3O4. The predicted molar refractivity (Wildman–Crippen MR) is 99.5 cm³/mol. The first-order valence-electron chi connectivity index (χ1n) is 9.71. The highest BCUT2D eigenvalue weighted by Crippen LogP contribution is 2.24. The van der Waals surface area contributed by atoms with Crippen molar-refractivity contribution < 1.29 is 19.2 Å². The average molecular weight is 373 g/mol. The number of hydrogen-bond donors (Lipinski definition) is 1. The van der Waals surface area contributed by atoms with Gasteiger partial charge in [-0.25, -0.2) is 9.59 Å². The number of piperazine rings is 1. The maximum absolute atomic E-state index is 12.4. The largest absolute Gasteiger partial charge is 0.350 e. The average Bonchev–Trinajstić information content (AvgIpc) is 2.73. The first-order chi connectivity index (χ1) is 13.1. The molecule has 2 aliphatic rings. The summed E-state index contributed by atoms with van der Waals surface area (Å²) < 4.78 is 0. The van der Waals surface area contributed by atoms with Crippen molar-refractivity contribution in [3.05, 3.63) is 35.9 Å². The maximum atomic E-state index is 12.4. The summed E-state index contributed by atoms with van der Waals surface area (Å²) in [5.41, 5.74) is 3.25. The van der Waals surface area contributed by atoms with Gasteiger partial charge in [0.1, 0.15) is 0 Å². The van der Waals surface area contributed by atoms with E-state index in [9.17, 15) is 14.4 Å². The van der Waals surface area contributed by atoms with Crippen LogP contribution in [0.5, 0.6) is 0 Å². The first kappa shape index (κ1) is 19.2. The van der Waals surface area contributed by atoms with Crippen molar-refractivity contribution in [2.45, 2.75) is 38.5 Å². The monoisotopic (exact) mass is 373 g/mol. The summed E-state index contributed by atoms with van der Waals surface area (Å²) in [6, 6.07) is 9.20. The van der Waals surface area contributed by atoms with E-state index in [0.29, 0.717) is 32.6 Å². The summed E-state index contributed by atoms with van der Waals surface area (Å²) in [5, 5.41) is 0. The van der Waals surface area contributed by atoms with Crippen LogP contribution in [-0.4, -0.2) is 53.9 Å². The molecule has 7 heteroatoms. The van der Waals surface area contributed by atoms with Crippen molar-refractivity contribution in [2.24, 2.45) is 5.92 Å². The lowest BCUT2D eigenvalue weighted by atomic mass is 9.89. The lowest BCUT2D eigenvalue weighted by Gasteiger charge is -2.34. The summed E-state index contributed by atoms with van der Waals surface area (Å²) in [6.07, 6.45) is 5.25. The summed E-state index contributed by atoms with van der Waals surface area (Å²) >= 11 is 0. The molecule has 146 valence electrons. The number of carbonyl (C=O) groups excluding carboxylic acids is 3. The molecule has 1 aliphatic carbocycles. The van der Waals surface area contributed by atoms with Crippen LogP contribution in [0.3, 0.4) is 0 Å². The van der Waals surface area contributed by atoms with E-state index in [4.69, 9.17) is 4.84 Å². The third-order valence-corrected chi connectivity index (χ3v) is 5.30. The van der Waals surface area contributed by atoms with Crippen LogP contribution < -0.4 is 5.48 Å². The van der Waals surface area contributed by atoms with Crippen molar-refractivity contribution >= 4 is 17.9 Å². The van der Waals surface area contributed by atoms with Crippen LogP contribution in [0.2, 0.25) is 0 Å². The van der Waals surface area contributed by atoms with E-state index in [1.807, 2.05) is 30.3 Å². The van der Waals surface area contributed by atoms with Crippen LogP contribution in [0.1, 0.15) is 37.7 Å². The maximum Gasteiger partial charge on any atom is 0.350 e. The molecule has 1 N–H and O–H groups in total. The Kier molecular flexibility index (Phi) is 6.68. The van der Waals surface area contributed by atoms with Gasteiger partial charge in [0.25, 0.3) is 0 Å². The van der Waals surface area contributed by atoms with Gasteiger partial charge in [0.15, 0.2) is 0 Å². The fourth-order valence-corrected chi connectivity index (χ4v) is 3.62. The zero-order valence-corrected chi connectivity index (χ0v) is 15.6. The van der Waals surface area contributed by atoms with Gasteiger partial charge in [-0.2, -0.15) is 5.48 Å². The predicted octanol–water partition coefficient (Wildman–Crippen LogP) is 2.12. The van der Waals surface area contributed by atoms with E-state index in [2.05, 4.69) is 5.48 Å². The molecule has 0 aromatic heterocycles. The highest BCUT2D eigenvalue weighted by Gasteiger charge is 2.27. The van der Waals surface area contributed by atoms with Gasteiger partial charge in [-0.05, 0) is 18.4 Å². The van der Waals surface area contributed by atoms with Crippen LogP contribution in [0.25, 0.3) is 0 Å². The Bertz CT molecular complexity index is 650. The lowest BCUT2D eigenvalue weighted by molar-refractivity contribution is -0.155. The second kappa shape index (κ2) is 9.39. The molecule has 3 rings (SSSR count). The molecule has 7 nitrogen and oxygen atoms in total. The molecule has 1 saturated heterocycles. The number of nitrogens with zero attached hydrogens (tertiary/aromatic N) is 2. The summed E-state index contributed by atoms with van der Waals surface area (Å²) in [6.45, 7) is 1.81. The Labute approximate surface area is 159 Å². The van der Waals surface area contributed by atoms with Gasteiger partial charge in [-0.15, -0.1) is 0 Å². The van der Waals surface area contributed by atoms with Crippen molar-refractivity contribution in [1.82, 2.24) is 15.3 Å². The number of carbonyl (C=O) groups is 3. The normalized spacial score (nSPS) is 18.1. The zero-order chi connectivity index (χ0) is 19.1. The Morgan fingerprint density at radius 1 is 0.926 bits per heavy atom. The van der Waals surface area contributed by atoms with Gasteiger partial charge in [0.05, 0.1) is 12.3 Å². The summed E-state index contributed by atoms with van der Waals surface area (Å²) in [5.74, 6) is -0.392. The topological polar surface area (TPSA) is 79.0 Å². The minimum Gasteiger partial charge on any atom is -0.339 e. The third kappa shape index (κ3) is 5.45. The van der Waals surface area contributed by atoms with Gasteiger partial charge < -0.3 is 14.6 Å². The molecule has 0 spiro atoms. The van der Waals surface area contributed by atoms with Gasteiger partial charge in [-0.3, -0.25) is 4.79 Å². The number of hydroxylamine groups is 1. The van der Waals surface area contributed by atoms with Gasteiger partial charge in [0, 0.05) is 26.2 Å². The van der Waals surface area contributed by atoms with Crippen molar-refractivity contribution in [2.75, 3.05) is 26.2 Å². The molecule has 0 bridgehead atoms. The number of hydrogen-bond acceptors (Lipinski definition) is 4. The minimum absolute atomic E-state index is 0.0602. The molecule has 1 aromatic rings. The van der Waals surface area contributed by atoms with E-state index in [1.165, 1.54) is 0 Å². The molecule has 3 amide bonds. The number of amides is 3. The summed E-state index contributed by atoms with van der Waals surface area (Å²) in [4.78, 5) is 44.9. The zero-order valence-electron chi connectivity index (χ0n) is 15.6. The molecule has 27 heavy (non-hydrogen) atoms. The SMILES string of the molecule is O=C(ONC(=O)N1CCN(C(=O)Cc2ccccc2)CC1)C1CCCCC1. The van der Waals surface area contributed by atoms with Crippen LogP contribution >= 0.6 is 0 Å². The summed E-state index contributed by atoms with van der Waals surface area (Å²) in [7, 11) is 0. The molecule has 2 fully saturated rings. The van der Waals surface area contributed by atoms with E-state index in [0.717, 1.165) is 37.7 Å². The van der Waals surface area contributed by atoms with Crippen molar-refractivity contribution in [3.8, 4) is 0 Å². The first-order valence-corrected chi connectivity index (χ1v) is 9.71. The number of benzene rings is 1. The number of rotatable bonds is 3. The molecule has 0 atom stereocenters. The van der Waals surface area contributed by atoms with Crippen LogP contribution in [-0.2, 0) is 20.8 Å². The Hall–Kier alpha value is -2.57. The van der Waals surface area contributed by atoms with Crippen LogP contribution in [0.4, 0.5) is 4.79 Å². The van der Waals surface area contributed by atoms with E-state index in [1.54, 1.807) is 9.80 Å². The van der Waals surface area contributed by atoms with E-state index in [-0.39, 0.29) is 17.8 Å². The molecule has 0 radical (unpaired) electrons. The van der Waals surface area contributed by atoms with Gasteiger partial charge in [0.2, 0.25) is 5.91 Å². The second-order valence-corrected chi connectivity index (χ2v) is 7.19. The fourth-order valence-electron chi connectivity index (χ4n) is 3.62. The highest BCUT2D eigenvalue weighted by molar-refractivity contribution is 5.80. The van der Waals surface area contributed by atoms with Crippen molar-refractivity contribution in [3.63, 3.8) is 0 Å². The smallest absolute Gasteiger partial charge is 0.339 e. The quantitative estimate of drug-likeness (QED) is 0.823. The Morgan fingerprint density at radius 2 is 1.56 bits per heavy atom. The standard InChI is InChI=1S/C20H27N3O4/c24-18(15-16-7-3-1-4-8-16)22-11-13-23(14-12-22)20(26)21-27-19(25)17-9-5-2-6-10-17/h1,3-4,7-8,17H,2,5-6,9-15H2,(H,21,26). The number of nitrogens with one attached hydrogen (secondary N) is 1. The van der Waals surface area contributed by atoms with Crippen molar-refractivity contribution in [1.29, 1.82) is 0 Å². The Balaban J connectivity index is 1.38. The molecule has 0 unspecified atom stereocenters. The highest BCUT2D eigenvalue weighted by atomic mass is 16.7. The minimum atomic E-state index is -0.422. The third-order valence-electron chi connectivity index (χ3n) is 5.30. The molecule has 1 heterocycles. The van der Waals surface area contributed by atoms with E-state index < -0.39 is 6.03 Å². The Morgan fingerprint density at radius 3 is 2.22 bits per heavy atom. The lowest BCUT2D eigenvalue weighted by Crippen LogP contribution is -2.53. The van der Waals surface area contributed by atoms with E-state index >= 15 is 0 Å². The van der Waals surface area contributed by atoms with Gasteiger partial charge >= 0.3 is 12.0 Å².